The molecule has 0 saturated carbocycles. The van der Waals surface area contributed by atoms with Gasteiger partial charge < -0.3 is 9.55 Å². The van der Waals surface area contributed by atoms with Gasteiger partial charge in [-0.05, 0) is 82.1 Å². The second-order valence-electron chi connectivity index (χ2n) is 9.71. The largest absolute Gasteiger partial charge is 1.00 e. The first-order chi connectivity index (χ1) is 18.7. The second kappa shape index (κ2) is 10.4. The Labute approximate surface area is 270 Å². The molecule has 2 heterocycles. The van der Waals surface area contributed by atoms with E-state index >= 15 is 0 Å². The molecule has 0 spiro atoms. The molecule has 0 unspecified atom stereocenters. The van der Waals surface area contributed by atoms with Crippen LogP contribution in [0.2, 0.25) is 0 Å². The van der Waals surface area contributed by atoms with E-state index in [1.807, 2.05) is 32.1 Å². The standard InChI is InChI=1S/C32H19N2.C4H8.K/c1-2-19-14-15-21-22-11-7-13-27-30(22)32-28(34(27)20-8-4-3-5-9-20)17-16-26-31(32)29-23(24(21)18-19)10-6-12-25(29)33-26;1-3-4-2;/h2-18H,1H2;3-4H,1-2H3;/q-1;;+1/b;4-3-;. The van der Waals surface area contributed by atoms with E-state index in [4.69, 9.17) is 4.98 Å². The van der Waals surface area contributed by atoms with Crippen molar-refractivity contribution in [3.05, 3.63) is 121 Å². The summed E-state index contributed by atoms with van der Waals surface area (Å²) >= 11 is 0. The van der Waals surface area contributed by atoms with E-state index in [1.165, 1.54) is 59.8 Å². The zero-order valence-electron chi connectivity index (χ0n) is 22.6. The van der Waals surface area contributed by atoms with Crippen LogP contribution < -0.4 is 56.4 Å². The van der Waals surface area contributed by atoms with Gasteiger partial charge in [0.1, 0.15) is 0 Å². The Morgan fingerprint density at radius 1 is 0.590 bits per heavy atom. The number of allylic oxidation sites excluding steroid dienone is 2. The van der Waals surface area contributed by atoms with Crippen LogP contribution in [0.5, 0.6) is 0 Å². The number of fused-ring (bicyclic) bond motifs is 3. The van der Waals surface area contributed by atoms with Crippen LogP contribution in [0.1, 0.15) is 19.4 Å². The van der Waals surface area contributed by atoms with Gasteiger partial charge in [0, 0.05) is 16.5 Å². The summed E-state index contributed by atoms with van der Waals surface area (Å²) in [5.41, 5.74) is 6.84. The van der Waals surface area contributed by atoms with Crippen molar-refractivity contribution in [2.75, 3.05) is 0 Å². The molecule has 0 fully saturated rings. The normalized spacial score (nSPS) is 11.6. The fraction of sp³-hybridized carbons (Fsp3) is 0.0556. The van der Waals surface area contributed by atoms with Gasteiger partial charge in [0.15, 0.2) is 0 Å². The fourth-order valence-corrected chi connectivity index (χ4v) is 5.96. The Bertz CT molecular complexity index is 2160. The Kier molecular flexibility index (Phi) is 6.96. The molecule has 8 aromatic rings. The second-order valence-corrected chi connectivity index (χ2v) is 9.71. The van der Waals surface area contributed by atoms with Crippen molar-refractivity contribution in [1.82, 2.24) is 9.55 Å². The van der Waals surface area contributed by atoms with Crippen molar-refractivity contribution in [2.24, 2.45) is 0 Å². The van der Waals surface area contributed by atoms with Gasteiger partial charge in [-0.15, -0.1) is 11.0 Å². The molecule has 0 aliphatic rings. The van der Waals surface area contributed by atoms with Crippen LogP contribution in [0.25, 0.3) is 76.9 Å². The monoisotopic (exact) mass is 526 g/mol. The molecule has 2 nitrogen and oxygen atoms in total. The maximum absolute atomic E-state index is 5.07. The van der Waals surface area contributed by atoms with Gasteiger partial charge in [-0.2, -0.15) is 0 Å². The van der Waals surface area contributed by atoms with Gasteiger partial charge in [-0.3, -0.25) is 0 Å². The van der Waals surface area contributed by atoms with E-state index in [1.54, 1.807) is 0 Å². The first-order valence-corrected chi connectivity index (χ1v) is 13.1. The van der Waals surface area contributed by atoms with Crippen LogP contribution in [0.4, 0.5) is 0 Å². The van der Waals surface area contributed by atoms with Crippen LogP contribution in [0.3, 0.4) is 0 Å². The maximum Gasteiger partial charge on any atom is 1.00 e. The molecule has 0 saturated heterocycles. The van der Waals surface area contributed by atoms with Gasteiger partial charge in [0.25, 0.3) is 0 Å². The summed E-state index contributed by atoms with van der Waals surface area (Å²) in [5, 5.41) is 10.1. The van der Waals surface area contributed by atoms with Crippen molar-refractivity contribution < 1.29 is 51.4 Å². The van der Waals surface area contributed by atoms with E-state index < -0.39 is 0 Å². The molecular weight excluding hydrogens is 500 g/mol. The molecule has 0 atom stereocenters. The zero-order valence-corrected chi connectivity index (χ0v) is 25.7. The molecule has 0 radical (unpaired) electrons. The summed E-state index contributed by atoms with van der Waals surface area (Å²) in [6.45, 7) is 8.03. The van der Waals surface area contributed by atoms with Crippen LogP contribution in [-0.4, -0.2) is 4.57 Å². The number of hydrogen-bond acceptors (Lipinski definition) is 0. The van der Waals surface area contributed by atoms with E-state index in [-0.39, 0.29) is 51.4 Å². The smallest absolute Gasteiger partial charge is 0.657 e. The minimum absolute atomic E-state index is 0. The van der Waals surface area contributed by atoms with E-state index in [2.05, 4.69) is 108 Å². The average Bonchev–Trinajstić information content (AvgIpc) is 3.52. The predicted molar refractivity (Wildman–Crippen MR) is 166 cm³/mol. The molecule has 8 rings (SSSR count). The van der Waals surface area contributed by atoms with Crippen LogP contribution >= 0.6 is 0 Å². The topological polar surface area (TPSA) is 19.0 Å². The summed E-state index contributed by atoms with van der Waals surface area (Å²) in [6, 6.07) is 35.0. The molecule has 0 aliphatic heterocycles. The van der Waals surface area contributed by atoms with Gasteiger partial charge >= 0.3 is 51.4 Å². The Hall–Kier alpha value is -3.18. The van der Waals surface area contributed by atoms with Gasteiger partial charge in [-0.1, -0.05) is 91.5 Å². The van der Waals surface area contributed by atoms with Crippen molar-refractivity contribution >= 4 is 71.2 Å². The number of hydrogen-bond donors (Lipinski definition) is 0. The fourth-order valence-electron chi connectivity index (χ4n) is 5.96. The van der Waals surface area contributed by atoms with E-state index in [0.29, 0.717) is 0 Å². The first-order valence-electron chi connectivity index (χ1n) is 13.1. The molecule has 2 aromatic heterocycles. The molecule has 3 heteroatoms. The van der Waals surface area contributed by atoms with Gasteiger partial charge in [-0.25, -0.2) is 0 Å². The van der Waals surface area contributed by atoms with Crippen LogP contribution in [-0.2, 0) is 0 Å². The van der Waals surface area contributed by atoms with E-state index in [9.17, 15) is 0 Å². The summed E-state index contributed by atoms with van der Waals surface area (Å²) in [5.74, 6) is 0. The van der Waals surface area contributed by atoms with Crippen molar-refractivity contribution in [3.8, 4) is 5.69 Å². The van der Waals surface area contributed by atoms with Crippen LogP contribution in [0.15, 0.2) is 116 Å². The van der Waals surface area contributed by atoms with Gasteiger partial charge in [0.05, 0.1) is 11.0 Å². The SMILES string of the molecule is C/C=C\C.C=Cc1ccc2c(c1)c1cccc3[n-]c4ccc5c(c4c31)c1c2cccc1n5-c1ccccc1.[K+]. The van der Waals surface area contributed by atoms with Gasteiger partial charge in [0.2, 0.25) is 0 Å². The Morgan fingerprint density at radius 3 is 2.03 bits per heavy atom. The Morgan fingerprint density at radius 2 is 1.28 bits per heavy atom. The molecule has 39 heavy (non-hydrogen) atoms. The summed E-state index contributed by atoms with van der Waals surface area (Å²) in [7, 11) is 0. The van der Waals surface area contributed by atoms with E-state index in [0.717, 1.165) is 16.6 Å². The number of aromatic nitrogens is 2. The molecule has 6 aromatic carbocycles. The molecule has 182 valence electrons. The third-order valence-electron chi connectivity index (χ3n) is 7.68. The van der Waals surface area contributed by atoms with Crippen LogP contribution in [0, 0.1) is 0 Å². The molecule has 0 aliphatic carbocycles. The number of rotatable bonds is 2. The number of para-hydroxylation sites is 1. The first kappa shape index (κ1) is 26.1. The predicted octanol–water partition coefficient (Wildman–Crippen LogP) is 7.02. The quantitative estimate of drug-likeness (QED) is 0.175. The third-order valence-corrected chi connectivity index (χ3v) is 7.68. The van der Waals surface area contributed by atoms with Crippen molar-refractivity contribution in [1.29, 1.82) is 0 Å². The third kappa shape index (κ3) is 3.92. The summed E-state index contributed by atoms with van der Waals surface area (Å²) < 4.78 is 2.40. The summed E-state index contributed by atoms with van der Waals surface area (Å²) in [6.07, 6.45) is 5.93. The van der Waals surface area contributed by atoms with Crippen molar-refractivity contribution in [3.63, 3.8) is 0 Å². The average molecular weight is 527 g/mol. The molecule has 0 N–H and O–H groups in total. The Balaban J connectivity index is 0.000000521. The number of nitrogens with zero attached hydrogens (tertiary/aromatic N) is 2. The zero-order chi connectivity index (χ0) is 25.8. The van der Waals surface area contributed by atoms with Crippen molar-refractivity contribution in [2.45, 2.75) is 13.8 Å². The minimum atomic E-state index is 0. The molecule has 0 amide bonds. The number of benzene rings is 5. The molecule has 0 bridgehead atoms. The minimum Gasteiger partial charge on any atom is -0.657 e. The molecular formula is C36H27KN2. The summed E-state index contributed by atoms with van der Waals surface area (Å²) in [4.78, 5) is 5.07. The maximum atomic E-state index is 5.07.